The van der Waals surface area contributed by atoms with E-state index in [1.807, 2.05) is 0 Å². The van der Waals surface area contributed by atoms with Gasteiger partial charge in [-0.25, -0.2) is 0 Å². The number of hydrogen-bond acceptors (Lipinski definition) is 0. The number of halogens is 3. The van der Waals surface area contributed by atoms with Gasteiger partial charge in [-0.3, -0.25) is 0 Å². The van der Waals surface area contributed by atoms with E-state index in [0.717, 1.165) is 0 Å². The first-order valence-electron chi connectivity index (χ1n) is 4.05. The Morgan fingerprint density at radius 1 is 1.00 bits per heavy atom. The summed E-state index contributed by atoms with van der Waals surface area (Å²) in [5.41, 5.74) is -0.699. The van der Waals surface area contributed by atoms with E-state index < -0.39 is 11.7 Å². The Bertz CT molecular complexity index is 457. The molecule has 0 heterocycles. The molecule has 0 amide bonds. The third-order valence-electron chi connectivity index (χ3n) is 2.00. The number of hydrogen-bond donors (Lipinski definition) is 0. The van der Waals surface area contributed by atoms with Crippen molar-refractivity contribution in [2.24, 2.45) is 0 Å². The van der Waals surface area contributed by atoms with E-state index in [4.69, 9.17) is 0 Å². The Morgan fingerprint density at radius 3 is 2.33 bits per heavy atom. The monoisotopic (exact) mass is 234 g/mol. The zero-order valence-electron chi connectivity index (χ0n) is 8.10. The minimum Gasteiger partial charge on any atom is -0.176 e. The van der Waals surface area contributed by atoms with Crippen LogP contribution in [-0.2, 0) is 6.18 Å². The maximum Gasteiger partial charge on any atom is 1.00 e. The van der Waals surface area contributed by atoms with Gasteiger partial charge in [-0.1, -0.05) is 23.8 Å². The minimum absolute atomic E-state index is 0. The fourth-order valence-corrected chi connectivity index (χ4v) is 1.40. The van der Waals surface area contributed by atoms with Crippen LogP contribution in [0.3, 0.4) is 0 Å². The van der Waals surface area contributed by atoms with Gasteiger partial charge in [0, 0.05) is 0 Å². The van der Waals surface area contributed by atoms with Gasteiger partial charge in [0.25, 0.3) is 0 Å². The van der Waals surface area contributed by atoms with Gasteiger partial charge in [0.2, 0.25) is 0 Å². The van der Waals surface area contributed by atoms with Crippen molar-refractivity contribution in [3.63, 3.8) is 0 Å². The molecule has 15 heavy (non-hydrogen) atoms. The standard InChI is InChI=1S/C11H6F3.K/c12-11(13,14)10-7-3-5-8-4-1-2-6-9(8)10;/h1-6H;/q-1;+1. The second-order valence-electron chi connectivity index (χ2n) is 2.94. The summed E-state index contributed by atoms with van der Waals surface area (Å²) in [6, 6.07) is 11.5. The van der Waals surface area contributed by atoms with Gasteiger partial charge in [0.1, 0.15) is 0 Å². The summed E-state index contributed by atoms with van der Waals surface area (Å²) >= 11 is 0. The molecule has 72 valence electrons. The number of benzene rings is 2. The van der Waals surface area contributed by atoms with Gasteiger partial charge in [-0.2, -0.15) is 31.4 Å². The fraction of sp³-hybridized carbons (Fsp3) is 0.0909. The first-order valence-corrected chi connectivity index (χ1v) is 4.05. The Morgan fingerprint density at radius 2 is 1.67 bits per heavy atom. The van der Waals surface area contributed by atoms with E-state index in [2.05, 4.69) is 6.07 Å². The summed E-state index contributed by atoms with van der Waals surface area (Å²) < 4.78 is 37.5. The molecule has 0 aliphatic carbocycles. The zero-order valence-corrected chi connectivity index (χ0v) is 11.2. The molecular weight excluding hydrogens is 228 g/mol. The average molecular weight is 234 g/mol. The SMILES string of the molecule is FC(F)(F)c1[c-]ccc2ccccc12.[K+]. The molecule has 2 rings (SSSR count). The maximum atomic E-state index is 12.5. The van der Waals surface area contributed by atoms with Crippen LogP contribution in [0.4, 0.5) is 13.2 Å². The maximum absolute atomic E-state index is 12.5. The number of alkyl halides is 3. The number of fused-ring (bicyclic) bond motifs is 1. The molecule has 4 heteroatoms. The molecule has 0 aliphatic rings. The van der Waals surface area contributed by atoms with Gasteiger partial charge in [0.15, 0.2) is 0 Å². The van der Waals surface area contributed by atoms with Gasteiger partial charge < -0.3 is 0 Å². The molecule has 0 unspecified atom stereocenters. The van der Waals surface area contributed by atoms with Gasteiger partial charge in [-0.15, -0.1) is 16.8 Å². The van der Waals surface area contributed by atoms with Gasteiger partial charge in [0.05, 0.1) is 0 Å². The second-order valence-corrected chi connectivity index (χ2v) is 2.94. The van der Waals surface area contributed by atoms with Crippen LogP contribution in [0.5, 0.6) is 0 Å². The number of rotatable bonds is 0. The fourth-order valence-electron chi connectivity index (χ4n) is 1.40. The predicted molar refractivity (Wildman–Crippen MR) is 47.8 cm³/mol. The molecule has 2 aromatic rings. The molecule has 0 N–H and O–H groups in total. The molecular formula is C11H6F3K. The summed E-state index contributed by atoms with van der Waals surface area (Å²) in [4.78, 5) is 0. The molecule has 0 bridgehead atoms. The molecule has 0 radical (unpaired) electrons. The van der Waals surface area contributed by atoms with Crippen molar-refractivity contribution in [3.05, 3.63) is 48.0 Å². The predicted octanol–water partition coefficient (Wildman–Crippen LogP) is 0.663. The Kier molecular flexibility index (Phi) is 4.37. The molecule has 0 saturated carbocycles. The van der Waals surface area contributed by atoms with Crippen molar-refractivity contribution in [3.8, 4) is 0 Å². The summed E-state index contributed by atoms with van der Waals surface area (Å²) in [6.45, 7) is 0. The summed E-state index contributed by atoms with van der Waals surface area (Å²) in [5.74, 6) is 0. The van der Waals surface area contributed by atoms with Crippen LogP contribution in [0.1, 0.15) is 5.56 Å². The first kappa shape index (κ1) is 13.2. The minimum atomic E-state index is -4.33. The average Bonchev–Trinajstić information content (AvgIpc) is 2.15. The van der Waals surface area contributed by atoms with Crippen LogP contribution in [0, 0.1) is 6.07 Å². The third-order valence-corrected chi connectivity index (χ3v) is 2.00. The Balaban J connectivity index is 0.00000112. The molecule has 0 nitrogen and oxygen atoms in total. The van der Waals surface area contributed by atoms with E-state index in [0.29, 0.717) is 5.39 Å². The van der Waals surface area contributed by atoms with Gasteiger partial charge in [-0.05, 0) is 0 Å². The van der Waals surface area contributed by atoms with Gasteiger partial charge >= 0.3 is 57.6 Å². The zero-order chi connectivity index (χ0) is 10.2. The van der Waals surface area contributed by atoms with Crippen LogP contribution in [-0.4, -0.2) is 0 Å². The summed E-state index contributed by atoms with van der Waals surface area (Å²) in [6.07, 6.45) is -4.33. The molecule has 0 aliphatic heterocycles. The summed E-state index contributed by atoms with van der Waals surface area (Å²) in [7, 11) is 0. The molecule has 0 atom stereocenters. The molecule has 0 spiro atoms. The molecule has 2 aromatic carbocycles. The molecule has 0 aromatic heterocycles. The van der Waals surface area contributed by atoms with E-state index in [-0.39, 0.29) is 56.8 Å². The third kappa shape index (κ3) is 2.82. The quantitative estimate of drug-likeness (QED) is 0.464. The Labute approximate surface area is 128 Å². The Hall–Kier alpha value is 0.126. The van der Waals surface area contributed by atoms with Crippen LogP contribution in [0.25, 0.3) is 10.8 Å². The summed E-state index contributed by atoms with van der Waals surface area (Å²) in [5, 5.41) is 0.779. The topological polar surface area (TPSA) is 0 Å². The van der Waals surface area contributed by atoms with Crippen molar-refractivity contribution in [1.82, 2.24) is 0 Å². The van der Waals surface area contributed by atoms with Crippen LogP contribution in [0.15, 0.2) is 36.4 Å². The largest absolute Gasteiger partial charge is 1.00 e. The molecule has 0 fully saturated rings. The van der Waals surface area contributed by atoms with Crippen LogP contribution >= 0.6 is 0 Å². The van der Waals surface area contributed by atoms with E-state index in [1.165, 1.54) is 12.1 Å². The van der Waals surface area contributed by atoms with Crippen molar-refractivity contribution in [2.45, 2.75) is 6.18 Å². The molecule has 0 saturated heterocycles. The van der Waals surface area contributed by atoms with E-state index >= 15 is 0 Å². The first-order chi connectivity index (χ1) is 6.59. The van der Waals surface area contributed by atoms with Crippen molar-refractivity contribution >= 4 is 10.8 Å². The van der Waals surface area contributed by atoms with E-state index in [9.17, 15) is 13.2 Å². The van der Waals surface area contributed by atoms with Crippen molar-refractivity contribution < 1.29 is 64.6 Å². The van der Waals surface area contributed by atoms with Crippen molar-refractivity contribution in [2.75, 3.05) is 0 Å². The normalized spacial score (nSPS) is 11.1. The van der Waals surface area contributed by atoms with Crippen LogP contribution in [0.2, 0.25) is 0 Å². The smallest absolute Gasteiger partial charge is 0.176 e. The second kappa shape index (κ2) is 4.97. The van der Waals surface area contributed by atoms with E-state index in [1.54, 1.807) is 24.3 Å². The van der Waals surface area contributed by atoms with Crippen LogP contribution < -0.4 is 51.4 Å². The van der Waals surface area contributed by atoms with Crippen molar-refractivity contribution in [1.29, 1.82) is 0 Å².